The molecule has 1 unspecified atom stereocenters. The van der Waals surface area contributed by atoms with E-state index in [0.29, 0.717) is 0 Å². The second-order valence-corrected chi connectivity index (χ2v) is 10.3. The van der Waals surface area contributed by atoms with E-state index < -0.39 is 113 Å². The summed E-state index contributed by atoms with van der Waals surface area (Å²) in [5, 5.41) is 101. The van der Waals surface area contributed by atoms with Gasteiger partial charge in [-0.15, -0.1) is 0 Å². The van der Waals surface area contributed by atoms with Crippen LogP contribution in [0.3, 0.4) is 0 Å². The summed E-state index contributed by atoms with van der Waals surface area (Å²) < 4.78 is 27.8. The van der Waals surface area contributed by atoms with Crippen molar-refractivity contribution >= 4 is 11.0 Å². The number of rotatable bonds is 6. The van der Waals surface area contributed by atoms with Gasteiger partial charge in [-0.25, -0.2) is 0 Å². The molecule has 2 aromatic carbocycles. The molecule has 5 rings (SSSR count). The Morgan fingerprint density at radius 2 is 1.42 bits per heavy atom. The van der Waals surface area contributed by atoms with E-state index in [2.05, 4.69) is 0 Å². The van der Waals surface area contributed by atoms with E-state index in [1.54, 1.807) is 0 Å². The fourth-order valence-electron chi connectivity index (χ4n) is 4.84. The smallest absolute Gasteiger partial charge is 0.239 e. The summed E-state index contributed by atoms with van der Waals surface area (Å²) in [6.45, 7) is 0.818. The van der Waals surface area contributed by atoms with Crippen molar-refractivity contribution in [1.29, 1.82) is 0 Å². The van der Waals surface area contributed by atoms with E-state index in [0.717, 1.165) is 24.3 Å². The minimum atomic E-state index is -1.97. The van der Waals surface area contributed by atoms with Crippen LogP contribution in [0.2, 0.25) is 0 Å². The second-order valence-electron chi connectivity index (χ2n) is 10.3. The number of hydrogen-bond donors (Lipinski definition) is 10. The van der Waals surface area contributed by atoms with Gasteiger partial charge in [0.25, 0.3) is 0 Å². The van der Waals surface area contributed by atoms with Crippen molar-refractivity contribution in [3.8, 4) is 40.1 Å². The topological polar surface area (TPSA) is 269 Å². The Bertz CT molecular complexity index is 1540. The van der Waals surface area contributed by atoms with E-state index in [4.69, 9.17) is 23.4 Å². The molecule has 0 bridgehead atoms. The first-order chi connectivity index (χ1) is 20.3. The van der Waals surface area contributed by atoms with Crippen molar-refractivity contribution < 1.29 is 74.4 Å². The van der Waals surface area contributed by atoms with Gasteiger partial charge in [-0.1, -0.05) is 0 Å². The van der Waals surface area contributed by atoms with Gasteiger partial charge in [-0.05, 0) is 25.1 Å². The van der Waals surface area contributed by atoms with Gasteiger partial charge in [-0.2, -0.15) is 0 Å². The van der Waals surface area contributed by atoms with E-state index in [-0.39, 0.29) is 11.1 Å². The fraction of sp³-hybridized carbons (Fsp3) is 0.444. The molecule has 2 saturated heterocycles. The van der Waals surface area contributed by atoms with Crippen molar-refractivity contribution in [2.45, 2.75) is 68.3 Å². The predicted octanol–water partition coefficient (Wildman–Crippen LogP) is -1.69. The summed E-state index contributed by atoms with van der Waals surface area (Å²) in [6.07, 6.45) is -16.2. The van der Waals surface area contributed by atoms with Gasteiger partial charge in [0.05, 0.1) is 12.7 Å². The summed E-state index contributed by atoms with van der Waals surface area (Å²) in [5.74, 6) is -3.33. The molecule has 234 valence electrons. The first-order valence-electron chi connectivity index (χ1n) is 13.0. The number of fused-ring (bicyclic) bond motifs is 1. The molecule has 10 N–H and O–H groups in total. The number of aliphatic hydroxyl groups excluding tert-OH is 6. The second kappa shape index (κ2) is 11.8. The summed E-state index contributed by atoms with van der Waals surface area (Å²) in [7, 11) is 0. The Balaban J connectivity index is 1.48. The molecular formula is C27H30O16. The lowest BCUT2D eigenvalue weighted by Crippen LogP contribution is -2.61. The van der Waals surface area contributed by atoms with Crippen LogP contribution in [-0.4, -0.2) is 119 Å². The van der Waals surface area contributed by atoms with Crippen LogP contribution in [0.25, 0.3) is 22.3 Å². The Morgan fingerprint density at radius 3 is 2.12 bits per heavy atom. The number of aromatic hydroxyl groups is 4. The highest BCUT2D eigenvalue weighted by atomic mass is 16.7. The zero-order valence-electron chi connectivity index (χ0n) is 22.3. The van der Waals surface area contributed by atoms with Gasteiger partial charge < -0.3 is 74.4 Å². The van der Waals surface area contributed by atoms with Gasteiger partial charge in [0, 0.05) is 17.7 Å². The van der Waals surface area contributed by atoms with Crippen LogP contribution in [-0.2, 0) is 14.2 Å². The first kappa shape index (κ1) is 30.7. The molecule has 3 aromatic rings. The summed E-state index contributed by atoms with van der Waals surface area (Å²) in [4.78, 5) is 13.6. The number of phenols is 4. The molecule has 0 radical (unpaired) electrons. The largest absolute Gasteiger partial charge is 0.508 e. The Labute approximate surface area is 241 Å². The standard InChI is InChI=1S/C27H30O16/c1-8-17(32)20(35)22(37)26(40-8)39-7-15-18(33)21(36)23(38)27(42-15)43-25-19(34)16-13(31)5-10(28)6-14(16)41-24(25)9-2-3-11(29)12(30)4-9/h2-6,8,15,17-18,20-23,26-33,35-38H,7H2,1H3/t8-,15+,17-,18+,20+,21-,22+,23+,26-,27?/m0/s1. The molecule has 0 saturated carbocycles. The molecule has 1 aromatic heterocycles. The van der Waals surface area contributed by atoms with Crippen LogP contribution in [0.15, 0.2) is 39.5 Å². The van der Waals surface area contributed by atoms with Gasteiger partial charge in [0.1, 0.15) is 65.2 Å². The minimum absolute atomic E-state index is 0.0313. The van der Waals surface area contributed by atoms with Crippen molar-refractivity contribution in [2.24, 2.45) is 0 Å². The number of phenolic OH excluding ortho intramolecular Hbond substituents is 4. The highest BCUT2D eigenvalue weighted by Crippen LogP contribution is 2.39. The van der Waals surface area contributed by atoms with E-state index in [1.165, 1.54) is 13.0 Å². The molecule has 43 heavy (non-hydrogen) atoms. The zero-order valence-corrected chi connectivity index (χ0v) is 22.3. The summed E-state index contributed by atoms with van der Waals surface area (Å²) >= 11 is 0. The minimum Gasteiger partial charge on any atom is -0.508 e. The quantitative estimate of drug-likeness (QED) is 0.140. The monoisotopic (exact) mass is 610 g/mol. The van der Waals surface area contributed by atoms with Crippen molar-refractivity contribution in [2.75, 3.05) is 6.61 Å². The van der Waals surface area contributed by atoms with E-state index >= 15 is 0 Å². The lowest BCUT2D eigenvalue weighted by molar-refractivity contribution is -0.318. The number of benzene rings is 2. The van der Waals surface area contributed by atoms with Gasteiger partial charge in [0.15, 0.2) is 23.5 Å². The molecule has 2 fully saturated rings. The predicted molar refractivity (Wildman–Crippen MR) is 140 cm³/mol. The zero-order chi connectivity index (χ0) is 31.3. The molecule has 2 aliphatic rings. The maximum absolute atomic E-state index is 13.6. The van der Waals surface area contributed by atoms with Crippen LogP contribution in [0.4, 0.5) is 0 Å². The van der Waals surface area contributed by atoms with Crippen LogP contribution in [0, 0.1) is 0 Å². The lowest BCUT2D eigenvalue weighted by Gasteiger charge is -2.42. The third kappa shape index (κ3) is 5.67. The average molecular weight is 611 g/mol. The van der Waals surface area contributed by atoms with Crippen molar-refractivity contribution in [3.05, 3.63) is 40.6 Å². The molecule has 16 heteroatoms. The molecule has 10 atom stereocenters. The SMILES string of the molecule is C[C@@H]1O[C@H](OC[C@H]2OC(Oc3c(-c4ccc(O)c(O)c4)oc4cc(O)cc(O)c4c3=O)[C@H](O)[C@@H](O)[C@@H]2O)[C@H](O)[C@H](O)[C@H]1O. The summed E-state index contributed by atoms with van der Waals surface area (Å²) in [5.41, 5.74) is -1.35. The third-order valence-electron chi connectivity index (χ3n) is 7.29. The molecule has 2 aliphatic heterocycles. The molecule has 16 nitrogen and oxygen atoms in total. The molecule has 0 amide bonds. The van der Waals surface area contributed by atoms with Crippen LogP contribution >= 0.6 is 0 Å². The third-order valence-corrected chi connectivity index (χ3v) is 7.29. The Kier molecular flexibility index (Phi) is 8.41. The highest BCUT2D eigenvalue weighted by molar-refractivity contribution is 5.88. The maximum atomic E-state index is 13.6. The molecule has 0 aliphatic carbocycles. The molecule has 3 heterocycles. The average Bonchev–Trinajstić information content (AvgIpc) is 2.96. The fourth-order valence-corrected chi connectivity index (χ4v) is 4.84. The Hall–Kier alpha value is -3.71. The number of aliphatic hydroxyl groups is 6. The van der Waals surface area contributed by atoms with Crippen LogP contribution in [0.1, 0.15) is 6.92 Å². The van der Waals surface area contributed by atoms with Crippen LogP contribution in [0.5, 0.6) is 28.7 Å². The van der Waals surface area contributed by atoms with E-state index in [1.807, 2.05) is 0 Å². The van der Waals surface area contributed by atoms with Gasteiger partial charge >= 0.3 is 0 Å². The van der Waals surface area contributed by atoms with Gasteiger partial charge in [0.2, 0.25) is 17.5 Å². The number of ether oxygens (including phenoxy) is 4. The number of hydrogen-bond acceptors (Lipinski definition) is 16. The lowest BCUT2D eigenvalue weighted by atomic mass is 9.98. The summed E-state index contributed by atoms with van der Waals surface area (Å²) in [6, 6.07) is 5.24. The molecular weight excluding hydrogens is 580 g/mol. The maximum Gasteiger partial charge on any atom is 0.239 e. The molecule has 0 spiro atoms. The van der Waals surface area contributed by atoms with Gasteiger partial charge in [-0.3, -0.25) is 4.79 Å². The first-order valence-corrected chi connectivity index (χ1v) is 13.0. The van der Waals surface area contributed by atoms with E-state index in [9.17, 15) is 55.9 Å². The van der Waals surface area contributed by atoms with Crippen molar-refractivity contribution in [3.63, 3.8) is 0 Å². The van der Waals surface area contributed by atoms with Crippen LogP contribution < -0.4 is 10.2 Å². The normalized spacial score (nSPS) is 33.0. The van der Waals surface area contributed by atoms with Crippen molar-refractivity contribution in [1.82, 2.24) is 0 Å². The highest BCUT2D eigenvalue weighted by Gasteiger charge is 2.47. The Morgan fingerprint density at radius 1 is 0.744 bits per heavy atom.